The molecule has 0 aliphatic carbocycles. The number of benzene rings is 1. The molecule has 1 aromatic carbocycles. The number of primary amides is 1. The van der Waals surface area contributed by atoms with Crippen LogP contribution in [-0.4, -0.2) is 18.6 Å². The van der Waals surface area contributed by atoms with E-state index in [1.54, 1.807) is 13.0 Å². The van der Waals surface area contributed by atoms with Crippen molar-refractivity contribution in [3.63, 3.8) is 0 Å². The zero-order valence-electron chi connectivity index (χ0n) is 10.7. The molecule has 0 spiro atoms. The lowest BCUT2D eigenvalue weighted by Gasteiger charge is -2.15. The predicted molar refractivity (Wildman–Crippen MR) is 67.6 cm³/mol. The molecule has 0 aliphatic heterocycles. The highest BCUT2D eigenvalue weighted by molar-refractivity contribution is 5.76. The van der Waals surface area contributed by atoms with Crippen molar-refractivity contribution in [1.29, 1.82) is 0 Å². The van der Waals surface area contributed by atoms with Crippen molar-refractivity contribution >= 4 is 5.91 Å². The zero-order chi connectivity index (χ0) is 13.7. The first-order chi connectivity index (χ1) is 8.40. The van der Waals surface area contributed by atoms with E-state index < -0.39 is 11.8 Å². The van der Waals surface area contributed by atoms with Crippen LogP contribution in [0.1, 0.15) is 19.4 Å². The lowest BCUT2D eigenvalue weighted by molar-refractivity contribution is -0.122. The van der Waals surface area contributed by atoms with Crippen LogP contribution in [0.5, 0.6) is 5.75 Å². The molecule has 0 aliphatic rings. The molecule has 100 valence electrons. The van der Waals surface area contributed by atoms with Gasteiger partial charge in [0.2, 0.25) is 5.91 Å². The van der Waals surface area contributed by atoms with Gasteiger partial charge in [-0.05, 0) is 37.1 Å². The molecule has 1 rings (SSSR count). The second kappa shape index (κ2) is 6.35. The normalized spacial score (nSPS) is 14.0. The van der Waals surface area contributed by atoms with E-state index >= 15 is 0 Å². The van der Waals surface area contributed by atoms with Crippen molar-refractivity contribution in [2.24, 2.45) is 17.4 Å². The van der Waals surface area contributed by atoms with Gasteiger partial charge < -0.3 is 16.2 Å². The summed E-state index contributed by atoms with van der Waals surface area (Å²) >= 11 is 0. The molecule has 0 fully saturated rings. The Balaban J connectivity index is 2.77. The number of nitrogens with two attached hydrogens (primary N) is 2. The van der Waals surface area contributed by atoms with Gasteiger partial charge in [0.15, 0.2) is 0 Å². The van der Waals surface area contributed by atoms with Crippen LogP contribution in [0.2, 0.25) is 0 Å². The van der Waals surface area contributed by atoms with Gasteiger partial charge in [-0.1, -0.05) is 6.92 Å². The first kappa shape index (κ1) is 14.4. The number of hydrogen-bond donors (Lipinski definition) is 2. The maximum atomic E-state index is 13.2. The highest BCUT2D eigenvalue weighted by atomic mass is 19.1. The lowest BCUT2D eigenvalue weighted by Crippen LogP contribution is -2.26. The molecule has 1 aromatic rings. The second-order valence-corrected chi connectivity index (χ2v) is 4.55. The zero-order valence-corrected chi connectivity index (χ0v) is 10.7. The van der Waals surface area contributed by atoms with Crippen LogP contribution in [0.25, 0.3) is 0 Å². The average molecular weight is 254 g/mol. The van der Waals surface area contributed by atoms with Crippen LogP contribution in [0.15, 0.2) is 18.2 Å². The monoisotopic (exact) mass is 254 g/mol. The molecule has 2 unspecified atom stereocenters. The Bertz CT molecular complexity index is 421. The minimum Gasteiger partial charge on any atom is -0.492 e. The Kier molecular flexibility index (Phi) is 5.09. The third-order valence-electron chi connectivity index (χ3n) is 2.54. The fourth-order valence-electron chi connectivity index (χ4n) is 1.49. The molecule has 4 nitrogen and oxygen atoms in total. The third-order valence-corrected chi connectivity index (χ3v) is 2.54. The molecular weight excluding hydrogens is 235 g/mol. The summed E-state index contributed by atoms with van der Waals surface area (Å²) in [7, 11) is 0. The number of hydrogen-bond acceptors (Lipinski definition) is 3. The minimum absolute atomic E-state index is 0.0947. The van der Waals surface area contributed by atoms with Gasteiger partial charge in [-0.3, -0.25) is 4.79 Å². The van der Waals surface area contributed by atoms with Gasteiger partial charge >= 0.3 is 0 Å². The maximum Gasteiger partial charge on any atom is 0.223 e. The molecule has 0 saturated carbocycles. The number of halogens is 1. The van der Waals surface area contributed by atoms with Crippen molar-refractivity contribution in [1.82, 2.24) is 0 Å². The molecule has 0 heterocycles. The fraction of sp³-hybridized carbons (Fsp3) is 0.462. The maximum absolute atomic E-state index is 13.2. The molecule has 18 heavy (non-hydrogen) atoms. The Morgan fingerprint density at radius 2 is 2.11 bits per heavy atom. The number of carbonyl (C=O) groups is 1. The third kappa shape index (κ3) is 4.33. The van der Waals surface area contributed by atoms with Crippen LogP contribution in [0.4, 0.5) is 4.39 Å². The van der Waals surface area contributed by atoms with Gasteiger partial charge in [0.25, 0.3) is 0 Å². The van der Waals surface area contributed by atoms with Crippen LogP contribution in [0.3, 0.4) is 0 Å². The largest absolute Gasteiger partial charge is 0.492 e. The van der Waals surface area contributed by atoms with Gasteiger partial charge in [0.05, 0.1) is 12.5 Å². The molecule has 0 saturated heterocycles. The van der Waals surface area contributed by atoms with Crippen LogP contribution in [0, 0.1) is 11.7 Å². The van der Waals surface area contributed by atoms with E-state index in [-0.39, 0.29) is 18.5 Å². The average Bonchev–Trinajstić information content (AvgIpc) is 2.26. The molecule has 5 heteroatoms. The SMILES string of the molecule is CC(N)Cc1cc(F)ccc1OCC(C)C(N)=O. The molecule has 4 N–H and O–H groups in total. The van der Waals surface area contributed by atoms with Crippen molar-refractivity contribution in [2.75, 3.05) is 6.61 Å². The van der Waals surface area contributed by atoms with Gasteiger partial charge in [0.1, 0.15) is 11.6 Å². The summed E-state index contributed by atoms with van der Waals surface area (Å²) in [4.78, 5) is 10.9. The van der Waals surface area contributed by atoms with E-state index in [0.717, 1.165) is 0 Å². The van der Waals surface area contributed by atoms with E-state index in [1.807, 2.05) is 6.92 Å². The Morgan fingerprint density at radius 3 is 2.67 bits per heavy atom. The van der Waals surface area contributed by atoms with Gasteiger partial charge in [-0.15, -0.1) is 0 Å². The molecule has 0 aromatic heterocycles. The van der Waals surface area contributed by atoms with Crippen molar-refractivity contribution in [3.8, 4) is 5.75 Å². The summed E-state index contributed by atoms with van der Waals surface area (Å²) in [6.45, 7) is 3.69. The van der Waals surface area contributed by atoms with Gasteiger partial charge in [0, 0.05) is 6.04 Å². The first-order valence-electron chi connectivity index (χ1n) is 5.86. The number of amides is 1. The topological polar surface area (TPSA) is 78.3 Å². The van der Waals surface area contributed by atoms with Crippen LogP contribution in [-0.2, 0) is 11.2 Å². The smallest absolute Gasteiger partial charge is 0.223 e. The number of carbonyl (C=O) groups excluding carboxylic acids is 1. The summed E-state index contributed by atoms with van der Waals surface area (Å²) in [6.07, 6.45) is 0.512. The highest BCUT2D eigenvalue weighted by Crippen LogP contribution is 2.21. The Labute approximate surface area is 106 Å². The number of rotatable bonds is 6. The molecular formula is C13H19FN2O2. The molecule has 2 atom stereocenters. The number of ether oxygens (including phenoxy) is 1. The predicted octanol–water partition coefficient (Wildman–Crippen LogP) is 1.22. The van der Waals surface area contributed by atoms with Crippen molar-refractivity contribution in [2.45, 2.75) is 26.3 Å². The first-order valence-corrected chi connectivity index (χ1v) is 5.86. The quantitative estimate of drug-likeness (QED) is 0.801. The van der Waals surface area contributed by atoms with E-state index in [4.69, 9.17) is 16.2 Å². The fourth-order valence-corrected chi connectivity index (χ4v) is 1.49. The Morgan fingerprint density at radius 1 is 1.44 bits per heavy atom. The van der Waals surface area contributed by atoms with E-state index in [9.17, 15) is 9.18 Å². The summed E-state index contributed by atoms with van der Waals surface area (Å²) < 4.78 is 18.6. The van der Waals surface area contributed by atoms with E-state index in [1.165, 1.54) is 12.1 Å². The summed E-state index contributed by atoms with van der Waals surface area (Å²) in [5.74, 6) is -0.605. The van der Waals surface area contributed by atoms with Gasteiger partial charge in [-0.2, -0.15) is 0 Å². The minimum atomic E-state index is -0.425. The van der Waals surface area contributed by atoms with Crippen molar-refractivity contribution in [3.05, 3.63) is 29.6 Å². The standard InChI is InChI=1S/C13H19FN2O2/c1-8(13(16)17)7-18-12-4-3-11(14)6-10(12)5-9(2)15/h3-4,6,8-9H,5,7,15H2,1-2H3,(H2,16,17). The van der Waals surface area contributed by atoms with Crippen molar-refractivity contribution < 1.29 is 13.9 Å². The summed E-state index contributed by atoms with van der Waals surface area (Å²) in [6, 6.07) is 4.16. The Hall–Kier alpha value is -1.62. The van der Waals surface area contributed by atoms with Crippen LogP contribution >= 0.6 is 0 Å². The van der Waals surface area contributed by atoms with Gasteiger partial charge in [-0.25, -0.2) is 4.39 Å². The summed E-state index contributed by atoms with van der Waals surface area (Å²) in [5, 5.41) is 0. The molecule has 0 bridgehead atoms. The highest BCUT2D eigenvalue weighted by Gasteiger charge is 2.12. The van der Waals surface area contributed by atoms with E-state index in [0.29, 0.717) is 17.7 Å². The second-order valence-electron chi connectivity index (χ2n) is 4.55. The summed E-state index contributed by atoms with van der Waals surface area (Å²) in [5.41, 5.74) is 11.5. The van der Waals surface area contributed by atoms with E-state index in [2.05, 4.69) is 0 Å². The molecule has 1 amide bonds. The molecule has 0 radical (unpaired) electrons. The lowest BCUT2D eigenvalue weighted by atomic mass is 10.1. The van der Waals surface area contributed by atoms with Crippen LogP contribution < -0.4 is 16.2 Å².